The van der Waals surface area contributed by atoms with Gasteiger partial charge >= 0.3 is 6.09 Å². The minimum absolute atomic E-state index is 0.213. The summed E-state index contributed by atoms with van der Waals surface area (Å²) in [7, 11) is 0. The Morgan fingerprint density at radius 1 is 1.31 bits per heavy atom. The Kier molecular flexibility index (Phi) is 5.55. The number of nitrogens with one attached hydrogen (secondary N) is 1. The van der Waals surface area contributed by atoms with Crippen molar-refractivity contribution in [1.82, 2.24) is 24.5 Å². The summed E-state index contributed by atoms with van der Waals surface area (Å²) in [5.41, 5.74) is 3.05. The number of imidazole rings is 1. The first-order valence-corrected chi connectivity index (χ1v) is 10.0. The molecule has 0 radical (unpaired) electrons. The van der Waals surface area contributed by atoms with Crippen LogP contribution in [-0.4, -0.2) is 43.2 Å². The number of aryl methyl sites for hydroxylation is 1. The Hall–Kier alpha value is -4.26. The number of carbonyl (C=O) groups is 1. The number of benzene rings is 1. The molecule has 1 fully saturated rings. The van der Waals surface area contributed by atoms with Gasteiger partial charge in [-0.15, -0.1) is 0 Å². The fourth-order valence-corrected chi connectivity index (χ4v) is 3.32. The van der Waals surface area contributed by atoms with Gasteiger partial charge in [-0.1, -0.05) is 12.2 Å². The summed E-state index contributed by atoms with van der Waals surface area (Å²) in [6.45, 7) is 9.65. The molecule has 3 aromatic rings. The maximum atomic E-state index is 12.2. The Morgan fingerprint density at radius 2 is 2.06 bits per heavy atom. The van der Waals surface area contributed by atoms with Crippen LogP contribution in [0.1, 0.15) is 37.0 Å². The highest BCUT2D eigenvalue weighted by atomic mass is 16.6. The van der Waals surface area contributed by atoms with Crippen LogP contribution >= 0.6 is 0 Å². The lowest BCUT2D eigenvalue weighted by Crippen LogP contribution is -2.36. The zero-order valence-corrected chi connectivity index (χ0v) is 18.0. The lowest BCUT2D eigenvalue weighted by atomic mass is 10.1. The molecule has 3 heterocycles. The summed E-state index contributed by atoms with van der Waals surface area (Å²) >= 11 is 0. The number of hydrogen-bond donors (Lipinski definition) is 1. The molecular weight excluding hydrogens is 408 g/mol. The third-order valence-electron chi connectivity index (χ3n) is 5.08. The van der Waals surface area contributed by atoms with Crippen LogP contribution < -0.4 is 10.2 Å². The fourth-order valence-electron chi connectivity index (χ4n) is 3.32. The van der Waals surface area contributed by atoms with E-state index in [0.29, 0.717) is 17.3 Å². The van der Waals surface area contributed by atoms with E-state index in [-0.39, 0.29) is 24.6 Å². The van der Waals surface area contributed by atoms with Gasteiger partial charge in [0.25, 0.3) is 0 Å². The maximum Gasteiger partial charge on any atom is 0.417 e. The molecule has 0 unspecified atom stereocenters. The maximum absolute atomic E-state index is 12.2. The van der Waals surface area contributed by atoms with Gasteiger partial charge in [0.2, 0.25) is 11.9 Å². The van der Waals surface area contributed by atoms with Crippen LogP contribution in [0.15, 0.2) is 48.9 Å². The predicted molar refractivity (Wildman–Crippen MR) is 117 cm³/mol. The van der Waals surface area contributed by atoms with E-state index in [2.05, 4.69) is 37.9 Å². The summed E-state index contributed by atoms with van der Waals surface area (Å²) in [6.07, 6.45) is 3.09. The van der Waals surface area contributed by atoms with Gasteiger partial charge in [0.1, 0.15) is 12.4 Å². The number of rotatable bonds is 6. The molecule has 0 saturated carbocycles. The molecule has 0 aliphatic carbocycles. The van der Waals surface area contributed by atoms with Gasteiger partial charge in [-0.05, 0) is 45.0 Å². The highest BCUT2D eigenvalue weighted by Crippen LogP contribution is 2.25. The number of aromatic nitrogens is 5. The van der Waals surface area contributed by atoms with E-state index in [1.54, 1.807) is 25.4 Å². The van der Waals surface area contributed by atoms with Crippen molar-refractivity contribution in [1.29, 1.82) is 5.26 Å². The molecule has 10 heteroatoms. The minimum atomic E-state index is -0.510. The molecule has 1 aliphatic rings. The Morgan fingerprint density at radius 3 is 2.75 bits per heavy atom. The van der Waals surface area contributed by atoms with Crippen molar-refractivity contribution >= 4 is 18.0 Å². The number of amides is 1. The molecule has 2 aromatic heterocycles. The molecule has 162 valence electrons. The van der Waals surface area contributed by atoms with E-state index in [4.69, 9.17) is 10.00 Å². The summed E-state index contributed by atoms with van der Waals surface area (Å²) in [4.78, 5) is 31.2. The first-order chi connectivity index (χ1) is 15.4. The SMILES string of the molecule is C=C(C)[C@H]1COC(=O)N1c1nc(C)nc(N[C@@H](C)c2cn(-c3ccc(C#N)cc3)cn2)n1. The van der Waals surface area contributed by atoms with Crippen LogP contribution in [0.3, 0.4) is 0 Å². The number of nitriles is 1. The number of anilines is 2. The number of nitrogens with zero attached hydrogens (tertiary/aromatic N) is 7. The second-order valence-corrected chi connectivity index (χ2v) is 7.55. The number of cyclic esters (lactones) is 1. The van der Waals surface area contributed by atoms with Crippen molar-refractivity contribution in [3.63, 3.8) is 0 Å². The van der Waals surface area contributed by atoms with Crippen LogP contribution in [-0.2, 0) is 4.74 Å². The second-order valence-electron chi connectivity index (χ2n) is 7.55. The van der Waals surface area contributed by atoms with Gasteiger partial charge in [-0.3, -0.25) is 0 Å². The van der Waals surface area contributed by atoms with Gasteiger partial charge in [0, 0.05) is 11.9 Å². The minimum Gasteiger partial charge on any atom is -0.447 e. The molecule has 1 N–H and O–H groups in total. The van der Waals surface area contributed by atoms with Crippen molar-refractivity contribution in [3.8, 4) is 11.8 Å². The summed E-state index contributed by atoms with van der Waals surface area (Å²) < 4.78 is 7.03. The van der Waals surface area contributed by atoms with E-state index < -0.39 is 6.09 Å². The molecule has 10 nitrogen and oxygen atoms in total. The zero-order chi connectivity index (χ0) is 22.8. The topological polar surface area (TPSA) is 122 Å². The lowest BCUT2D eigenvalue weighted by molar-refractivity contribution is 0.179. The van der Waals surface area contributed by atoms with Crippen molar-refractivity contribution in [2.75, 3.05) is 16.8 Å². The molecule has 1 amide bonds. The summed E-state index contributed by atoms with van der Waals surface area (Å²) in [5.74, 6) is 1.01. The Bertz CT molecular complexity index is 1210. The van der Waals surface area contributed by atoms with Crippen LogP contribution in [0.4, 0.5) is 16.7 Å². The summed E-state index contributed by atoms with van der Waals surface area (Å²) in [6, 6.07) is 8.80. The largest absolute Gasteiger partial charge is 0.447 e. The smallest absolute Gasteiger partial charge is 0.417 e. The molecule has 0 bridgehead atoms. The third kappa shape index (κ3) is 4.13. The zero-order valence-electron chi connectivity index (χ0n) is 18.0. The highest BCUT2D eigenvalue weighted by Gasteiger charge is 2.37. The molecular formula is C22H22N8O2. The van der Waals surface area contributed by atoms with Crippen LogP contribution in [0.25, 0.3) is 5.69 Å². The van der Waals surface area contributed by atoms with Gasteiger partial charge in [-0.25, -0.2) is 14.7 Å². The predicted octanol–water partition coefficient (Wildman–Crippen LogP) is 3.31. The first kappa shape index (κ1) is 21.0. The monoisotopic (exact) mass is 430 g/mol. The molecule has 1 aromatic carbocycles. The van der Waals surface area contributed by atoms with E-state index in [0.717, 1.165) is 17.0 Å². The van der Waals surface area contributed by atoms with Gasteiger partial charge in [-0.2, -0.15) is 20.2 Å². The fraction of sp³-hybridized carbons (Fsp3) is 0.273. The van der Waals surface area contributed by atoms with Crippen LogP contribution in [0.2, 0.25) is 0 Å². The molecule has 1 saturated heterocycles. The quantitative estimate of drug-likeness (QED) is 0.591. The van der Waals surface area contributed by atoms with Crippen molar-refractivity contribution in [2.24, 2.45) is 0 Å². The van der Waals surface area contributed by atoms with E-state index in [1.165, 1.54) is 4.90 Å². The Balaban J connectivity index is 1.54. The molecule has 4 rings (SSSR count). The number of hydrogen-bond acceptors (Lipinski definition) is 8. The number of carbonyl (C=O) groups excluding carboxylic acids is 1. The van der Waals surface area contributed by atoms with Crippen LogP contribution in [0, 0.1) is 18.3 Å². The van der Waals surface area contributed by atoms with Crippen molar-refractivity contribution in [2.45, 2.75) is 32.9 Å². The number of ether oxygens (including phenoxy) is 1. The molecule has 1 aliphatic heterocycles. The molecule has 32 heavy (non-hydrogen) atoms. The summed E-state index contributed by atoms with van der Waals surface area (Å²) in [5, 5.41) is 12.2. The lowest BCUT2D eigenvalue weighted by Gasteiger charge is -2.20. The first-order valence-electron chi connectivity index (χ1n) is 10.0. The normalized spacial score (nSPS) is 16.4. The molecule has 0 spiro atoms. The van der Waals surface area contributed by atoms with Crippen molar-refractivity contribution in [3.05, 3.63) is 66.0 Å². The van der Waals surface area contributed by atoms with E-state index in [1.807, 2.05) is 36.7 Å². The van der Waals surface area contributed by atoms with Gasteiger partial charge in [0.05, 0.1) is 35.7 Å². The van der Waals surface area contributed by atoms with E-state index >= 15 is 0 Å². The Labute approximate surface area is 185 Å². The second kappa shape index (κ2) is 8.47. The third-order valence-corrected chi connectivity index (χ3v) is 5.08. The molecule has 2 atom stereocenters. The van der Waals surface area contributed by atoms with Crippen LogP contribution in [0.5, 0.6) is 0 Å². The average molecular weight is 430 g/mol. The average Bonchev–Trinajstić information content (AvgIpc) is 3.40. The highest BCUT2D eigenvalue weighted by molar-refractivity contribution is 5.89. The van der Waals surface area contributed by atoms with E-state index in [9.17, 15) is 4.79 Å². The standard InChI is InChI=1S/C22H22N8O2/c1-13(2)19-11-32-22(31)30(19)21-27-15(4)26-20(28-21)25-14(3)18-10-29(12-24-18)17-7-5-16(9-23)6-8-17/h5-8,10,12,14,19H,1,11H2,2-4H3,(H,25,26,27,28)/t14-,19+/m0/s1. The van der Waals surface area contributed by atoms with Gasteiger partial charge in [0.15, 0.2) is 0 Å². The van der Waals surface area contributed by atoms with Gasteiger partial charge < -0.3 is 14.6 Å². The van der Waals surface area contributed by atoms with Crippen molar-refractivity contribution < 1.29 is 9.53 Å².